The van der Waals surface area contributed by atoms with Crippen LogP contribution in [0.1, 0.15) is 54.2 Å². The number of amides is 1. The molecule has 3 aromatic carbocycles. The van der Waals surface area contributed by atoms with Crippen LogP contribution in [0.25, 0.3) is 0 Å². The van der Waals surface area contributed by atoms with Crippen molar-refractivity contribution < 1.29 is 9.90 Å². The summed E-state index contributed by atoms with van der Waals surface area (Å²) in [7, 11) is 0. The highest BCUT2D eigenvalue weighted by Crippen LogP contribution is 2.25. The van der Waals surface area contributed by atoms with E-state index in [1.165, 1.54) is 5.56 Å². The second kappa shape index (κ2) is 10.4. The fourth-order valence-corrected chi connectivity index (χ4v) is 3.82. The van der Waals surface area contributed by atoms with E-state index in [0.29, 0.717) is 11.3 Å². The van der Waals surface area contributed by atoms with E-state index in [4.69, 9.17) is 5.73 Å². The molecule has 1 atom stereocenters. The summed E-state index contributed by atoms with van der Waals surface area (Å²) in [6.45, 7) is 6.49. The third kappa shape index (κ3) is 6.61. The van der Waals surface area contributed by atoms with Gasteiger partial charge < -0.3 is 16.2 Å². The molecule has 0 saturated carbocycles. The zero-order chi connectivity index (χ0) is 23.1. The Bertz CT molecular complexity index is 1020. The number of carbonyl (C=O) groups is 1. The molecule has 0 saturated heterocycles. The number of aromatic hydroxyl groups is 1. The average Bonchev–Trinajstić information content (AvgIpc) is 2.77. The standard InChI is InChI=1S/C28H34N2O2/c1-28(2,3)26(18-12-20-7-5-4-6-8-20)30-27(32)23-14-17-25(29)22(19-23)13-9-21-10-15-24(31)16-11-21/h4-8,10-11,14-17,19,26,31H,9,12-13,18,29H2,1-3H3,(H,30,32)/t26-/m0/s1. The van der Waals surface area contributed by atoms with Crippen LogP contribution in [0.4, 0.5) is 5.69 Å². The molecule has 1 amide bonds. The number of nitrogens with two attached hydrogens (primary N) is 1. The van der Waals surface area contributed by atoms with Crippen molar-refractivity contribution in [1.82, 2.24) is 5.32 Å². The Balaban J connectivity index is 1.67. The van der Waals surface area contributed by atoms with E-state index < -0.39 is 0 Å². The van der Waals surface area contributed by atoms with Crippen molar-refractivity contribution >= 4 is 11.6 Å². The minimum absolute atomic E-state index is 0.0493. The van der Waals surface area contributed by atoms with E-state index in [1.807, 2.05) is 42.5 Å². The van der Waals surface area contributed by atoms with Crippen LogP contribution in [0.2, 0.25) is 0 Å². The summed E-state index contributed by atoms with van der Waals surface area (Å²) in [5.74, 6) is 0.191. The molecule has 168 valence electrons. The summed E-state index contributed by atoms with van der Waals surface area (Å²) >= 11 is 0. The van der Waals surface area contributed by atoms with Gasteiger partial charge in [-0.15, -0.1) is 0 Å². The van der Waals surface area contributed by atoms with E-state index in [2.05, 4.69) is 38.2 Å². The summed E-state index contributed by atoms with van der Waals surface area (Å²) in [6.07, 6.45) is 3.32. The molecule has 4 heteroatoms. The fourth-order valence-electron chi connectivity index (χ4n) is 3.82. The molecule has 0 spiro atoms. The van der Waals surface area contributed by atoms with E-state index in [-0.39, 0.29) is 23.1 Å². The number of phenols is 1. The predicted octanol–water partition coefficient (Wildman–Crippen LogP) is 5.54. The highest BCUT2D eigenvalue weighted by atomic mass is 16.3. The monoisotopic (exact) mass is 430 g/mol. The lowest BCUT2D eigenvalue weighted by Crippen LogP contribution is -2.44. The third-order valence-electron chi connectivity index (χ3n) is 5.94. The van der Waals surface area contributed by atoms with Gasteiger partial charge in [0.2, 0.25) is 0 Å². The number of carbonyl (C=O) groups excluding carboxylic acids is 1. The molecule has 0 fully saturated rings. The number of aryl methyl sites for hydroxylation is 3. The molecule has 4 nitrogen and oxygen atoms in total. The number of benzene rings is 3. The summed E-state index contributed by atoms with van der Waals surface area (Å²) in [5.41, 5.74) is 10.8. The first kappa shape index (κ1) is 23.4. The number of hydrogen-bond acceptors (Lipinski definition) is 3. The topological polar surface area (TPSA) is 75.4 Å². The molecular weight excluding hydrogens is 396 g/mol. The fraction of sp³-hybridized carbons (Fsp3) is 0.321. The van der Waals surface area contributed by atoms with Gasteiger partial charge in [0.25, 0.3) is 5.91 Å². The van der Waals surface area contributed by atoms with E-state index in [0.717, 1.165) is 36.8 Å². The first-order valence-corrected chi connectivity index (χ1v) is 11.2. The second-order valence-corrected chi connectivity index (χ2v) is 9.50. The molecule has 0 aromatic heterocycles. The Kier molecular flexibility index (Phi) is 7.57. The molecule has 0 radical (unpaired) electrons. The van der Waals surface area contributed by atoms with Crippen molar-refractivity contribution in [2.45, 2.75) is 52.5 Å². The highest BCUT2D eigenvalue weighted by Gasteiger charge is 2.26. The molecule has 0 aliphatic rings. The number of nitrogens with one attached hydrogen (secondary N) is 1. The quantitative estimate of drug-likeness (QED) is 0.411. The van der Waals surface area contributed by atoms with Crippen LogP contribution >= 0.6 is 0 Å². The van der Waals surface area contributed by atoms with Crippen LogP contribution in [0.3, 0.4) is 0 Å². The van der Waals surface area contributed by atoms with Crippen LogP contribution in [-0.4, -0.2) is 17.1 Å². The molecule has 3 aromatic rings. The smallest absolute Gasteiger partial charge is 0.251 e. The van der Waals surface area contributed by atoms with Crippen molar-refractivity contribution in [2.24, 2.45) is 5.41 Å². The van der Waals surface area contributed by atoms with Crippen molar-refractivity contribution in [3.8, 4) is 5.75 Å². The average molecular weight is 431 g/mol. The predicted molar refractivity (Wildman–Crippen MR) is 132 cm³/mol. The first-order chi connectivity index (χ1) is 15.2. The van der Waals surface area contributed by atoms with Crippen LogP contribution in [-0.2, 0) is 19.3 Å². The van der Waals surface area contributed by atoms with Crippen LogP contribution in [0, 0.1) is 5.41 Å². The number of rotatable bonds is 8. The molecule has 3 rings (SSSR count). The number of nitrogen functional groups attached to an aromatic ring is 1. The van der Waals surface area contributed by atoms with Gasteiger partial charge in [0, 0.05) is 17.3 Å². The van der Waals surface area contributed by atoms with Crippen LogP contribution in [0.15, 0.2) is 72.8 Å². The summed E-state index contributed by atoms with van der Waals surface area (Å²) < 4.78 is 0. The number of hydrogen-bond donors (Lipinski definition) is 3. The summed E-state index contributed by atoms with van der Waals surface area (Å²) in [5, 5.41) is 12.7. The highest BCUT2D eigenvalue weighted by molar-refractivity contribution is 5.95. The third-order valence-corrected chi connectivity index (χ3v) is 5.94. The normalized spacial score (nSPS) is 12.3. The summed E-state index contributed by atoms with van der Waals surface area (Å²) in [4.78, 5) is 13.1. The molecule has 0 heterocycles. The lowest BCUT2D eigenvalue weighted by atomic mass is 9.83. The number of phenolic OH excluding ortho intramolecular Hbond substituents is 1. The zero-order valence-corrected chi connectivity index (χ0v) is 19.3. The van der Waals surface area contributed by atoms with Gasteiger partial charge in [-0.3, -0.25) is 4.79 Å². The molecule has 0 aliphatic heterocycles. The van der Waals surface area contributed by atoms with Crippen molar-refractivity contribution in [3.05, 3.63) is 95.1 Å². The van der Waals surface area contributed by atoms with Gasteiger partial charge in [0.15, 0.2) is 0 Å². The lowest BCUT2D eigenvalue weighted by Gasteiger charge is -2.32. The van der Waals surface area contributed by atoms with Crippen molar-refractivity contribution in [2.75, 3.05) is 5.73 Å². The Morgan fingerprint density at radius 2 is 1.56 bits per heavy atom. The zero-order valence-electron chi connectivity index (χ0n) is 19.3. The SMILES string of the molecule is CC(C)(C)[C@H](CCc1ccccc1)NC(=O)c1ccc(N)c(CCc2ccc(O)cc2)c1. The Morgan fingerprint density at radius 1 is 0.906 bits per heavy atom. The lowest BCUT2D eigenvalue weighted by molar-refractivity contribution is 0.0897. The maximum atomic E-state index is 13.1. The van der Waals surface area contributed by atoms with Gasteiger partial charge in [-0.2, -0.15) is 0 Å². The molecular formula is C28H34N2O2. The minimum Gasteiger partial charge on any atom is -0.508 e. The Hall–Kier alpha value is -3.27. The van der Waals surface area contributed by atoms with Gasteiger partial charge in [-0.25, -0.2) is 0 Å². The van der Waals surface area contributed by atoms with E-state index in [9.17, 15) is 9.90 Å². The van der Waals surface area contributed by atoms with Gasteiger partial charge >= 0.3 is 0 Å². The molecule has 0 unspecified atom stereocenters. The van der Waals surface area contributed by atoms with E-state index in [1.54, 1.807) is 18.2 Å². The van der Waals surface area contributed by atoms with Gasteiger partial charge in [0.1, 0.15) is 5.75 Å². The molecule has 0 aliphatic carbocycles. The molecule has 32 heavy (non-hydrogen) atoms. The van der Waals surface area contributed by atoms with Gasteiger partial charge in [-0.05, 0) is 78.1 Å². The van der Waals surface area contributed by atoms with Crippen molar-refractivity contribution in [3.63, 3.8) is 0 Å². The molecule has 0 bridgehead atoms. The largest absolute Gasteiger partial charge is 0.508 e. The van der Waals surface area contributed by atoms with Crippen molar-refractivity contribution in [1.29, 1.82) is 0 Å². The van der Waals surface area contributed by atoms with Gasteiger partial charge in [-0.1, -0.05) is 63.2 Å². The maximum absolute atomic E-state index is 13.1. The van der Waals surface area contributed by atoms with Gasteiger partial charge in [0.05, 0.1) is 0 Å². The second-order valence-electron chi connectivity index (χ2n) is 9.50. The molecule has 4 N–H and O–H groups in total. The van der Waals surface area contributed by atoms with Crippen LogP contribution < -0.4 is 11.1 Å². The number of anilines is 1. The summed E-state index contributed by atoms with van der Waals surface area (Å²) in [6, 6.07) is 23.1. The van der Waals surface area contributed by atoms with Crippen LogP contribution in [0.5, 0.6) is 5.75 Å². The minimum atomic E-state index is -0.0659. The Morgan fingerprint density at radius 3 is 2.22 bits per heavy atom. The van der Waals surface area contributed by atoms with E-state index >= 15 is 0 Å². The Labute approximate surface area is 191 Å². The maximum Gasteiger partial charge on any atom is 0.251 e. The first-order valence-electron chi connectivity index (χ1n) is 11.2.